The summed E-state index contributed by atoms with van der Waals surface area (Å²) in [4.78, 5) is 27.8. The molecule has 4 nitrogen and oxygen atoms in total. The lowest BCUT2D eigenvalue weighted by Gasteiger charge is -2.18. The van der Waals surface area contributed by atoms with Gasteiger partial charge in [0.25, 0.3) is 5.91 Å². The molecule has 1 aliphatic rings. The number of hydrogen-bond acceptors (Lipinski definition) is 3. The molecule has 0 saturated heterocycles. The number of nitrogens with zero attached hydrogens (tertiary/aromatic N) is 1. The number of carbonyl (C=O) groups excluding carboxylic acids is 2. The zero-order valence-corrected chi connectivity index (χ0v) is 19.8. The molecule has 35 heavy (non-hydrogen) atoms. The summed E-state index contributed by atoms with van der Waals surface area (Å²) >= 11 is 6.35. The van der Waals surface area contributed by atoms with Crippen LogP contribution in [0.15, 0.2) is 103 Å². The van der Waals surface area contributed by atoms with Crippen molar-refractivity contribution in [1.29, 1.82) is 0 Å². The summed E-state index contributed by atoms with van der Waals surface area (Å²) in [7, 11) is 1.35. The summed E-state index contributed by atoms with van der Waals surface area (Å²) in [6, 6.07) is 32.4. The van der Waals surface area contributed by atoms with Gasteiger partial charge in [-0.3, -0.25) is 4.79 Å². The van der Waals surface area contributed by atoms with Crippen LogP contribution in [0.4, 0.5) is 5.69 Å². The molecule has 1 amide bonds. The van der Waals surface area contributed by atoms with Crippen molar-refractivity contribution in [3.05, 3.63) is 136 Å². The van der Waals surface area contributed by atoms with E-state index in [-0.39, 0.29) is 5.91 Å². The van der Waals surface area contributed by atoms with Gasteiger partial charge in [0.05, 0.1) is 30.5 Å². The lowest BCUT2D eigenvalue weighted by molar-refractivity contribution is -0.113. The van der Waals surface area contributed by atoms with E-state index >= 15 is 0 Å². The summed E-state index contributed by atoms with van der Waals surface area (Å²) in [5.74, 6) is -0.513. The number of methoxy groups -OCH3 is 1. The van der Waals surface area contributed by atoms with Crippen LogP contribution in [0.3, 0.4) is 0 Å². The Morgan fingerprint density at radius 1 is 0.800 bits per heavy atom. The number of anilines is 1. The SMILES string of the molecule is COC(=O)c1cccc(CN2C(=O)C(=C(c3ccccc3)c3cccc(Cl)c3)c3ccccc32)c1. The van der Waals surface area contributed by atoms with Crippen molar-refractivity contribution in [2.45, 2.75) is 6.54 Å². The Morgan fingerprint density at radius 2 is 1.49 bits per heavy atom. The molecule has 172 valence electrons. The van der Waals surface area contributed by atoms with Gasteiger partial charge < -0.3 is 9.64 Å². The number of carbonyl (C=O) groups is 2. The summed E-state index contributed by atoms with van der Waals surface area (Å²) in [6.07, 6.45) is 0. The summed E-state index contributed by atoms with van der Waals surface area (Å²) in [6.45, 7) is 0.321. The normalized spacial score (nSPS) is 14.0. The maximum Gasteiger partial charge on any atom is 0.337 e. The van der Waals surface area contributed by atoms with Crippen molar-refractivity contribution < 1.29 is 14.3 Å². The number of fused-ring (bicyclic) bond motifs is 1. The van der Waals surface area contributed by atoms with Crippen LogP contribution in [0.1, 0.15) is 32.6 Å². The van der Waals surface area contributed by atoms with Gasteiger partial charge in [-0.25, -0.2) is 4.79 Å². The average molecular weight is 480 g/mol. The number of para-hydroxylation sites is 1. The Kier molecular flexibility index (Phi) is 6.21. The quantitative estimate of drug-likeness (QED) is 0.238. The molecule has 0 bridgehead atoms. The Labute approximate surface area is 209 Å². The number of esters is 1. The maximum absolute atomic E-state index is 14.1. The lowest BCUT2D eigenvalue weighted by Crippen LogP contribution is -2.26. The van der Waals surface area contributed by atoms with Crippen LogP contribution in [0.2, 0.25) is 5.02 Å². The van der Waals surface area contributed by atoms with E-state index in [1.807, 2.05) is 84.9 Å². The molecule has 0 aliphatic carbocycles. The number of rotatable bonds is 5. The molecule has 1 heterocycles. The van der Waals surface area contributed by atoms with Gasteiger partial charge in [-0.15, -0.1) is 0 Å². The first kappa shape index (κ1) is 22.6. The van der Waals surface area contributed by atoms with Crippen LogP contribution in [-0.2, 0) is 16.1 Å². The maximum atomic E-state index is 14.1. The molecule has 0 radical (unpaired) electrons. The highest BCUT2D eigenvalue weighted by atomic mass is 35.5. The fourth-order valence-electron chi connectivity index (χ4n) is 4.48. The molecule has 5 heteroatoms. The molecular formula is C30H22ClNO3. The van der Waals surface area contributed by atoms with Crippen molar-refractivity contribution in [3.8, 4) is 0 Å². The summed E-state index contributed by atoms with van der Waals surface area (Å²) in [5, 5.41) is 0.603. The zero-order valence-electron chi connectivity index (χ0n) is 19.1. The second-order valence-corrected chi connectivity index (χ2v) is 8.66. The summed E-state index contributed by atoms with van der Waals surface area (Å²) < 4.78 is 4.86. The van der Waals surface area contributed by atoms with Crippen molar-refractivity contribution in [1.82, 2.24) is 0 Å². The topological polar surface area (TPSA) is 46.6 Å². The standard InChI is InChI=1S/C30H22ClNO3/c1-35-30(34)23-13-7-9-20(17-23)19-32-26-16-6-5-15-25(26)28(29(32)33)27(21-10-3-2-4-11-21)22-12-8-14-24(31)18-22/h2-18H,19H2,1H3. The van der Waals surface area contributed by atoms with Gasteiger partial charge in [0, 0.05) is 16.2 Å². The molecular weight excluding hydrogens is 458 g/mol. The second-order valence-electron chi connectivity index (χ2n) is 8.23. The molecule has 0 fully saturated rings. The molecule has 0 spiro atoms. The molecule has 0 atom stereocenters. The molecule has 0 N–H and O–H groups in total. The molecule has 0 saturated carbocycles. The first-order valence-corrected chi connectivity index (χ1v) is 11.6. The van der Waals surface area contributed by atoms with E-state index in [2.05, 4.69) is 0 Å². The third-order valence-electron chi connectivity index (χ3n) is 6.04. The predicted molar refractivity (Wildman–Crippen MR) is 139 cm³/mol. The predicted octanol–water partition coefficient (Wildman–Crippen LogP) is 6.63. The number of halogens is 1. The van der Waals surface area contributed by atoms with Gasteiger partial charge in [-0.2, -0.15) is 0 Å². The van der Waals surface area contributed by atoms with E-state index < -0.39 is 5.97 Å². The molecule has 1 aliphatic heterocycles. The number of hydrogen-bond donors (Lipinski definition) is 0. The number of amides is 1. The van der Waals surface area contributed by atoms with Crippen molar-refractivity contribution in [3.63, 3.8) is 0 Å². The van der Waals surface area contributed by atoms with Crippen LogP contribution in [0.25, 0.3) is 11.1 Å². The van der Waals surface area contributed by atoms with Crippen LogP contribution < -0.4 is 4.90 Å². The van der Waals surface area contributed by atoms with Crippen LogP contribution in [0, 0.1) is 0 Å². The summed E-state index contributed by atoms with van der Waals surface area (Å²) in [5.41, 5.74) is 6.23. The van der Waals surface area contributed by atoms with Crippen LogP contribution in [0.5, 0.6) is 0 Å². The largest absolute Gasteiger partial charge is 0.465 e. The van der Waals surface area contributed by atoms with Crippen molar-refractivity contribution in [2.75, 3.05) is 12.0 Å². The molecule has 0 unspecified atom stereocenters. The number of benzene rings is 4. The average Bonchev–Trinajstić information content (AvgIpc) is 3.16. The minimum Gasteiger partial charge on any atom is -0.465 e. The Balaban J connectivity index is 1.67. The molecule has 0 aromatic heterocycles. The minimum atomic E-state index is -0.409. The van der Waals surface area contributed by atoms with Crippen molar-refractivity contribution >= 4 is 40.3 Å². The lowest BCUT2D eigenvalue weighted by atomic mass is 9.90. The van der Waals surface area contributed by atoms with Gasteiger partial charge in [-0.1, -0.05) is 84.4 Å². The third kappa shape index (κ3) is 4.36. The van der Waals surface area contributed by atoms with Gasteiger partial charge in [-0.05, 0) is 47.0 Å². The highest BCUT2D eigenvalue weighted by Gasteiger charge is 2.35. The molecule has 5 rings (SSSR count). The fraction of sp³-hybridized carbons (Fsp3) is 0.0667. The molecule has 4 aromatic rings. The number of ether oxygens (including phenoxy) is 1. The van der Waals surface area contributed by atoms with Crippen LogP contribution >= 0.6 is 11.6 Å². The third-order valence-corrected chi connectivity index (χ3v) is 6.27. The van der Waals surface area contributed by atoms with E-state index in [1.165, 1.54) is 7.11 Å². The monoisotopic (exact) mass is 479 g/mol. The fourth-order valence-corrected chi connectivity index (χ4v) is 4.67. The second kappa shape index (κ2) is 9.61. The Bertz CT molecular complexity index is 1460. The van der Waals surface area contributed by atoms with Gasteiger partial charge >= 0.3 is 5.97 Å². The van der Waals surface area contributed by atoms with Crippen LogP contribution in [-0.4, -0.2) is 19.0 Å². The Morgan fingerprint density at radius 3 is 2.26 bits per heavy atom. The van der Waals surface area contributed by atoms with E-state index in [1.54, 1.807) is 23.1 Å². The first-order valence-electron chi connectivity index (χ1n) is 11.2. The smallest absolute Gasteiger partial charge is 0.337 e. The van der Waals surface area contributed by atoms with Gasteiger partial charge in [0.2, 0.25) is 0 Å². The van der Waals surface area contributed by atoms with E-state index in [4.69, 9.17) is 16.3 Å². The van der Waals surface area contributed by atoms with Gasteiger partial charge in [0.15, 0.2) is 0 Å². The minimum absolute atomic E-state index is 0.103. The first-order chi connectivity index (χ1) is 17.1. The highest BCUT2D eigenvalue weighted by molar-refractivity contribution is 6.39. The Hall–Kier alpha value is -4.15. The van der Waals surface area contributed by atoms with E-state index in [0.29, 0.717) is 22.7 Å². The van der Waals surface area contributed by atoms with E-state index in [9.17, 15) is 9.59 Å². The highest BCUT2D eigenvalue weighted by Crippen LogP contribution is 2.43. The van der Waals surface area contributed by atoms with E-state index in [0.717, 1.165) is 33.5 Å². The van der Waals surface area contributed by atoms with Gasteiger partial charge in [0.1, 0.15) is 0 Å². The molecule has 4 aromatic carbocycles. The van der Waals surface area contributed by atoms with Crippen molar-refractivity contribution in [2.24, 2.45) is 0 Å². The zero-order chi connectivity index (χ0) is 24.4.